The quantitative estimate of drug-likeness (QED) is 0.894. The Hall–Kier alpha value is -1.55. The van der Waals surface area contributed by atoms with E-state index in [4.69, 9.17) is 0 Å². The molecule has 96 valence electrons. The van der Waals surface area contributed by atoms with Crippen molar-refractivity contribution < 1.29 is 0 Å². The van der Waals surface area contributed by atoms with Crippen molar-refractivity contribution in [1.29, 1.82) is 0 Å². The lowest BCUT2D eigenvalue weighted by Crippen LogP contribution is -2.20. The lowest BCUT2D eigenvalue weighted by Gasteiger charge is -2.21. The molecule has 1 unspecified atom stereocenters. The fraction of sp³-hybridized carbons (Fsp3) is 0.500. The van der Waals surface area contributed by atoms with Gasteiger partial charge in [-0.3, -0.25) is 0 Å². The number of rotatable bonds is 3. The molecule has 18 heavy (non-hydrogen) atoms. The zero-order valence-corrected chi connectivity index (χ0v) is 11.1. The Morgan fingerprint density at radius 3 is 3.06 bits per heavy atom. The van der Waals surface area contributed by atoms with Crippen molar-refractivity contribution in [2.24, 2.45) is 7.05 Å². The van der Waals surface area contributed by atoms with Gasteiger partial charge in [0.15, 0.2) is 0 Å². The molecule has 2 aromatic rings. The Bertz CT molecular complexity index is 538. The van der Waals surface area contributed by atoms with Crippen molar-refractivity contribution in [3.63, 3.8) is 0 Å². The third kappa shape index (κ3) is 1.97. The maximum absolute atomic E-state index is 4.17. The first-order valence-electron chi connectivity index (χ1n) is 6.59. The van der Waals surface area contributed by atoms with Crippen LogP contribution < -0.4 is 5.32 Å². The number of fused-ring (bicyclic) bond motifs is 1. The van der Waals surface area contributed by atoms with Crippen LogP contribution in [-0.4, -0.2) is 21.2 Å². The highest BCUT2D eigenvalue weighted by Crippen LogP contribution is 2.30. The maximum Gasteiger partial charge on any atom is 0.0946 e. The largest absolute Gasteiger partial charge is 0.348 e. The molecule has 3 rings (SSSR count). The van der Waals surface area contributed by atoms with Crippen molar-refractivity contribution in [2.45, 2.75) is 31.8 Å². The fourth-order valence-corrected chi connectivity index (χ4v) is 2.86. The highest BCUT2D eigenvalue weighted by atomic mass is 15.1. The van der Waals surface area contributed by atoms with Crippen LogP contribution in [0.2, 0.25) is 0 Å². The first-order chi connectivity index (χ1) is 8.78. The van der Waals surface area contributed by atoms with Gasteiger partial charge < -0.3 is 14.5 Å². The summed E-state index contributed by atoms with van der Waals surface area (Å²) < 4.78 is 4.37. The number of hydrogen-bond donors (Lipinski definition) is 1. The average Bonchev–Trinajstić information content (AvgIpc) is 2.95. The molecule has 1 aliphatic rings. The van der Waals surface area contributed by atoms with Gasteiger partial charge in [0.25, 0.3) is 0 Å². The second-order valence-corrected chi connectivity index (χ2v) is 5.14. The molecule has 2 aromatic heterocycles. The van der Waals surface area contributed by atoms with Gasteiger partial charge in [0, 0.05) is 31.7 Å². The molecule has 1 N–H and O–H groups in total. The van der Waals surface area contributed by atoms with Gasteiger partial charge in [-0.05, 0) is 37.4 Å². The Labute approximate surface area is 108 Å². The van der Waals surface area contributed by atoms with E-state index in [-0.39, 0.29) is 0 Å². The number of nitrogens with one attached hydrogen (secondary N) is 1. The molecule has 0 spiro atoms. The van der Waals surface area contributed by atoms with Gasteiger partial charge in [0.05, 0.1) is 18.6 Å². The second-order valence-electron chi connectivity index (χ2n) is 5.14. The molecule has 0 bridgehead atoms. The highest BCUT2D eigenvalue weighted by molar-refractivity contribution is 5.30. The summed E-state index contributed by atoms with van der Waals surface area (Å²) in [5, 5.41) is 3.41. The van der Waals surface area contributed by atoms with E-state index in [9.17, 15) is 0 Å². The molecule has 0 saturated carbocycles. The lowest BCUT2D eigenvalue weighted by atomic mass is 9.91. The van der Waals surface area contributed by atoms with Crippen LogP contribution in [0.3, 0.4) is 0 Å². The van der Waals surface area contributed by atoms with Crippen molar-refractivity contribution in [3.05, 3.63) is 41.7 Å². The summed E-state index contributed by atoms with van der Waals surface area (Å²) in [5.74, 6) is 0. The Morgan fingerprint density at radius 1 is 1.44 bits per heavy atom. The second kappa shape index (κ2) is 4.61. The summed E-state index contributed by atoms with van der Waals surface area (Å²) in [5.41, 5.74) is 4.22. The predicted molar refractivity (Wildman–Crippen MR) is 71.5 cm³/mol. The number of aryl methyl sites for hydroxylation is 2. The van der Waals surface area contributed by atoms with Gasteiger partial charge in [-0.25, -0.2) is 4.98 Å². The predicted octanol–water partition coefficient (Wildman–Crippen LogP) is 1.87. The van der Waals surface area contributed by atoms with Crippen LogP contribution in [0, 0.1) is 0 Å². The van der Waals surface area contributed by atoms with Crippen LogP contribution in [0.15, 0.2) is 24.9 Å². The third-order valence-corrected chi connectivity index (χ3v) is 3.92. The molecule has 4 heteroatoms. The number of nitrogens with zero attached hydrogens (tertiary/aromatic N) is 3. The molecule has 0 fully saturated rings. The van der Waals surface area contributed by atoms with Crippen molar-refractivity contribution in [1.82, 2.24) is 19.4 Å². The van der Waals surface area contributed by atoms with Crippen molar-refractivity contribution in [3.8, 4) is 0 Å². The molecular weight excluding hydrogens is 224 g/mol. The van der Waals surface area contributed by atoms with Crippen LogP contribution in [0.1, 0.15) is 35.7 Å². The summed E-state index contributed by atoms with van der Waals surface area (Å²) in [6, 6.07) is 0.529. The summed E-state index contributed by atoms with van der Waals surface area (Å²) in [4.78, 5) is 4.17. The van der Waals surface area contributed by atoms with E-state index in [0.717, 1.165) is 6.54 Å². The minimum absolute atomic E-state index is 0.529. The molecule has 1 aliphatic carbocycles. The normalized spacial score (nSPS) is 18.9. The number of hydrogen-bond acceptors (Lipinski definition) is 2. The molecule has 0 saturated heterocycles. The van der Waals surface area contributed by atoms with E-state index >= 15 is 0 Å². The van der Waals surface area contributed by atoms with E-state index in [1.165, 1.54) is 36.1 Å². The van der Waals surface area contributed by atoms with Crippen LogP contribution in [0.25, 0.3) is 0 Å². The molecule has 0 amide bonds. The van der Waals surface area contributed by atoms with Crippen LogP contribution in [0.5, 0.6) is 0 Å². The number of imidazole rings is 1. The van der Waals surface area contributed by atoms with Gasteiger partial charge >= 0.3 is 0 Å². The molecule has 2 heterocycles. The summed E-state index contributed by atoms with van der Waals surface area (Å²) >= 11 is 0. The van der Waals surface area contributed by atoms with Crippen LogP contribution >= 0.6 is 0 Å². The summed E-state index contributed by atoms with van der Waals surface area (Å²) in [7, 11) is 4.10. The van der Waals surface area contributed by atoms with Crippen LogP contribution in [-0.2, 0) is 20.0 Å². The zero-order chi connectivity index (χ0) is 12.5. The third-order valence-electron chi connectivity index (χ3n) is 3.92. The van der Waals surface area contributed by atoms with E-state index in [2.05, 4.69) is 38.9 Å². The SMILES string of the molecule is CNC1CCCc2cn(Cc3cncn3C)cc21. The Balaban J connectivity index is 1.86. The average molecular weight is 244 g/mol. The number of aromatic nitrogens is 3. The fourth-order valence-electron chi connectivity index (χ4n) is 2.86. The molecule has 4 nitrogen and oxygen atoms in total. The first-order valence-corrected chi connectivity index (χ1v) is 6.59. The molecular formula is C14H20N4. The monoisotopic (exact) mass is 244 g/mol. The smallest absolute Gasteiger partial charge is 0.0946 e. The minimum atomic E-state index is 0.529. The first kappa shape index (κ1) is 11.5. The van der Waals surface area contributed by atoms with E-state index in [1.54, 1.807) is 0 Å². The highest BCUT2D eigenvalue weighted by Gasteiger charge is 2.20. The van der Waals surface area contributed by atoms with Gasteiger partial charge in [-0.2, -0.15) is 0 Å². The Morgan fingerprint density at radius 2 is 2.33 bits per heavy atom. The Kier molecular flexibility index (Phi) is 2.96. The molecule has 0 aromatic carbocycles. The zero-order valence-electron chi connectivity index (χ0n) is 11.1. The molecule has 0 aliphatic heterocycles. The van der Waals surface area contributed by atoms with Gasteiger partial charge in [0.2, 0.25) is 0 Å². The summed E-state index contributed by atoms with van der Waals surface area (Å²) in [6.07, 6.45) is 12.1. The van der Waals surface area contributed by atoms with E-state index < -0.39 is 0 Å². The summed E-state index contributed by atoms with van der Waals surface area (Å²) in [6.45, 7) is 0.903. The molecule has 0 radical (unpaired) electrons. The topological polar surface area (TPSA) is 34.8 Å². The van der Waals surface area contributed by atoms with Gasteiger partial charge in [-0.15, -0.1) is 0 Å². The molecule has 1 atom stereocenters. The van der Waals surface area contributed by atoms with Crippen molar-refractivity contribution >= 4 is 0 Å². The standard InChI is InChI=1S/C14H20N4/c1-15-14-5-3-4-11-7-18(9-13(11)14)8-12-6-16-10-17(12)2/h6-7,9-10,14-15H,3-5,8H2,1-2H3. The lowest BCUT2D eigenvalue weighted by molar-refractivity contribution is 0.498. The van der Waals surface area contributed by atoms with E-state index in [0.29, 0.717) is 6.04 Å². The van der Waals surface area contributed by atoms with Crippen LogP contribution in [0.4, 0.5) is 0 Å². The van der Waals surface area contributed by atoms with Crippen molar-refractivity contribution in [2.75, 3.05) is 7.05 Å². The van der Waals surface area contributed by atoms with E-state index in [1.807, 2.05) is 19.6 Å². The minimum Gasteiger partial charge on any atom is -0.348 e. The maximum atomic E-state index is 4.17. The van der Waals surface area contributed by atoms with Gasteiger partial charge in [-0.1, -0.05) is 0 Å². The van der Waals surface area contributed by atoms with Gasteiger partial charge in [0.1, 0.15) is 0 Å².